The molecule has 21 heavy (non-hydrogen) atoms. The van der Waals surface area contributed by atoms with Gasteiger partial charge in [-0.2, -0.15) is 0 Å². The Balaban J connectivity index is 1.90. The van der Waals surface area contributed by atoms with Gasteiger partial charge in [0.25, 0.3) is 0 Å². The molecule has 0 bridgehead atoms. The van der Waals surface area contributed by atoms with Crippen LogP contribution in [0.2, 0.25) is 0 Å². The number of likely N-dealkylation sites (tertiary alicyclic amines) is 1. The molecular weight excluding hydrogens is 268 g/mol. The summed E-state index contributed by atoms with van der Waals surface area (Å²) in [4.78, 5) is 2.37. The van der Waals surface area contributed by atoms with E-state index in [1.807, 2.05) is 18.2 Å². The highest BCUT2D eigenvalue weighted by Gasteiger charge is 2.16. The molecule has 2 rings (SSSR count). The Kier molecular flexibility index (Phi) is 6.14. The Hall–Kier alpha value is -1.46. The first kappa shape index (κ1) is 15.9. The van der Waals surface area contributed by atoms with E-state index in [1.54, 1.807) is 14.2 Å². The number of ether oxygens (including phenoxy) is 3. The van der Waals surface area contributed by atoms with Crippen molar-refractivity contribution in [2.45, 2.75) is 25.3 Å². The van der Waals surface area contributed by atoms with Crippen molar-refractivity contribution in [2.24, 2.45) is 5.73 Å². The zero-order valence-electron chi connectivity index (χ0n) is 13.0. The number of methoxy groups -OCH3 is 2. The Labute approximate surface area is 127 Å². The largest absolute Gasteiger partial charge is 0.493 e. The lowest BCUT2D eigenvalue weighted by atomic mass is 10.2. The quantitative estimate of drug-likeness (QED) is 0.868. The van der Waals surface area contributed by atoms with E-state index in [0.717, 1.165) is 26.1 Å². The van der Waals surface area contributed by atoms with E-state index in [1.165, 1.54) is 12.8 Å². The highest BCUT2D eigenvalue weighted by atomic mass is 16.5. The molecular formula is C16H26N2O3. The summed E-state index contributed by atoms with van der Waals surface area (Å²) >= 11 is 0. The highest BCUT2D eigenvalue weighted by molar-refractivity contribution is 5.51. The van der Waals surface area contributed by atoms with Gasteiger partial charge in [0, 0.05) is 19.1 Å². The van der Waals surface area contributed by atoms with Gasteiger partial charge in [0.15, 0.2) is 11.5 Å². The van der Waals surface area contributed by atoms with Crippen molar-refractivity contribution in [1.82, 2.24) is 4.90 Å². The fourth-order valence-corrected chi connectivity index (χ4v) is 2.70. The third-order valence-electron chi connectivity index (χ3n) is 3.83. The average Bonchev–Trinajstić information content (AvgIpc) is 2.71. The molecule has 0 unspecified atom stereocenters. The molecule has 0 aromatic heterocycles. The van der Waals surface area contributed by atoms with Gasteiger partial charge < -0.3 is 19.9 Å². The van der Waals surface area contributed by atoms with Gasteiger partial charge in [0.05, 0.1) is 14.2 Å². The summed E-state index contributed by atoms with van der Waals surface area (Å²) in [5.41, 5.74) is 6.08. The molecule has 1 fully saturated rings. The van der Waals surface area contributed by atoms with Crippen molar-refractivity contribution in [3.8, 4) is 17.2 Å². The second-order valence-electron chi connectivity index (χ2n) is 5.40. The second-order valence-corrected chi connectivity index (χ2v) is 5.40. The average molecular weight is 294 g/mol. The second kappa shape index (κ2) is 8.10. The number of rotatable bonds is 6. The standard InChI is InChI=1S/C16H26N2O3/c1-19-14-7-5-8-15(20-2)16(14)21-11-10-18-9-4-3-6-13(17)12-18/h5,7-8,13H,3-4,6,9-12,17H2,1-2H3/t13-/m0/s1. The van der Waals surface area contributed by atoms with Gasteiger partial charge in [-0.15, -0.1) is 0 Å². The zero-order valence-corrected chi connectivity index (χ0v) is 13.0. The Morgan fingerprint density at radius 2 is 1.90 bits per heavy atom. The maximum absolute atomic E-state index is 6.08. The Bertz CT molecular complexity index is 417. The lowest BCUT2D eigenvalue weighted by molar-refractivity contribution is 0.199. The van der Waals surface area contributed by atoms with Crippen molar-refractivity contribution in [2.75, 3.05) is 40.5 Å². The molecule has 0 radical (unpaired) electrons. The van der Waals surface area contributed by atoms with Gasteiger partial charge in [0.1, 0.15) is 6.61 Å². The van der Waals surface area contributed by atoms with Crippen LogP contribution in [0.25, 0.3) is 0 Å². The van der Waals surface area contributed by atoms with Crippen LogP contribution in [0.5, 0.6) is 17.2 Å². The number of hydrogen-bond acceptors (Lipinski definition) is 5. The fourth-order valence-electron chi connectivity index (χ4n) is 2.70. The summed E-state index contributed by atoms with van der Waals surface area (Å²) in [5.74, 6) is 2.06. The minimum absolute atomic E-state index is 0.285. The molecule has 0 amide bonds. The van der Waals surface area contributed by atoms with Gasteiger partial charge >= 0.3 is 0 Å². The summed E-state index contributed by atoms with van der Waals surface area (Å²) in [6, 6.07) is 5.92. The first-order valence-electron chi connectivity index (χ1n) is 7.56. The van der Waals surface area contributed by atoms with E-state index in [-0.39, 0.29) is 6.04 Å². The molecule has 5 nitrogen and oxygen atoms in total. The molecule has 1 aromatic rings. The molecule has 0 spiro atoms. The van der Waals surface area contributed by atoms with Crippen LogP contribution in [0, 0.1) is 0 Å². The first-order chi connectivity index (χ1) is 10.2. The van der Waals surface area contributed by atoms with Crippen molar-refractivity contribution in [3.05, 3.63) is 18.2 Å². The number of nitrogens with zero attached hydrogens (tertiary/aromatic N) is 1. The number of benzene rings is 1. The minimum atomic E-state index is 0.285. The summed E-state index contributed by atoms with van der Waals surface area (Å²) < 4.78 is 16.6. The predicted molar refractivity (Wildman–Crippen MR) is 83.3 cm³/mol. The van der Waals surface area contributed by atoms with Crippen LogP contribution in [0.1, 0.15) is 19.3 Å². The normalized spacial score (nSPS) is 19.9. The van der Waals surface area contributed by atoms with Crippen molar-refractivity contribution >= 4 is 0 Å². The molecule has 1 atom stereocenters. The third-order valence-corrected chi connectivity index (χ3v) is 3.83. The first-order valence-corrected chi connectivity index (χ1v) is 7.56. The van der Waals surface area contributed by atoms with Crippen LogP contribution >= 0.6 is 0 Å². The number of nitrogens with two attached hydrogens (primary N) is 1. The highest BCUT2D eigenvalue weighted by Crippen LogP contribution is 2.36. The zero-order chi connectivity index (χ0) is 15.1. The summed E-state index contributed by atoms with van der Waals surface area (Å²) in [6.45, 7) is 3.52. The monoisotopic (exact) mass is 294 g/mol. The summed E-state index contributed by atoms with van der Waals surface area (Å²) in [5, 5.41) is 0. The van der Waals surface area contributed by atoms with Gasteiger partial charge in [-0.05, 0) is 31.5 Å². The minimum Gasteiger partial charge on any atom is -0.493 e. The molecule has 5 heteroatoms. The molecule has 1 saturated heterocycles. The summed E-state index contributed by atoms with van der Waals surface area (Å²) in [7, 11) is 3.27. The lowest BCUT2D eigenvalue weighted by Gasteiger charge is -2.22. The van der Waals surface area contributed by atoms with Crippen molar-refractivity contribution in [3.63, 3.8) is 0 Å². The van der Waals surface area contributed by atoms with E-state index < -0.39 is 0 Å². The Morgan fingerprint density at radius 3 is 2.57 bits per heavy atom. The predicted octanol–water partition coefficient (Wildman–Crippen LogP) is 1.90. The van der Waals surface area contributed by atoms with Crippen LogP contribution in [-0.2, 0) is 0 Å². The molecule has 1 aliphatic rings. The third kappa shape index (κ3) is 4.51. The van der Waals surface area contributed by atoms with E-state index in [2.05, 4.69) is 4.90 Å². The molecule has 0 aliphatic carbocycles. The topological polar surface area (TPSA) is 57.0 Å². The van der Waals surface area contributed by atoms with Crippen LogP contribution < -0.4 is 19.9 Å². The Morgan fingerprint density at radius 1 is 1.19 bits per heavy atom. The molecule has 2 N–H and O–H groups in total. The smallest absolute Gasteiger partial charge is 0.203 e. The molecule has 118 valence electrons. The SMILES string of the molecule is COc1cccc(OC)c1OCCN1CCCC[C@H](N)C1. The van der Waals surface area contributed by atoms with Gasteiger partial charge in [-0.1, -0.05) is 12.5 Å². The summed E-state index contributed by atoms with van der Waals surface area (Å²) in [6.07, 6.45) is 3.56. The van der Waals surface area contributed by atoms with Crippen molar-refractivity contribution in [1.29, 1.82) is 0 Å². The number of hydrogen-bond donors (Lipinski definition) is 1. The maximum atomic E-state index is 6.08. The van der Waals surface area contributed by atoms with E-state index in [4.69, 9.17) is 19.9 Å². The van der Waals surface area contributed by atoms with Crippen molar-refractivity contribution < 1.29 is 14.2 Å². The molecule has 1 aliphatic heterocycles. The lowest BCUT2D eigenvalue weighted by Crippen LogP contribution is -2.38. The van der Waals surface area contributed by atoms with Gasteiger partial charge in [-0.25, -0.2) is 0 Å². The molecule has 1 aromatic carbocycles. The van der Waals surface area contributed by atoms with Crippen LogP contribution in [0.15, 0.2) is 18.2 Å². The maximum Gasteiger partial charge on any atom is 0.203 e. The fraction of sp³-hybridized carbons (Fsp3) is 0.625. The van der Waals surface area contributed by atoms with Gasteiger partial charge in [-0.3, -0.25) is 4.90 Å². The van der Waals surface area contributed by atoms with Gasteiger partial charge in [0.2, 0.25) is 5.75 Å². The van der Waals surface area contributed by atoms with E-state index in [0.29, 0.717) is 23.9 Å². The van der Waals surface area contributed by atoms with Crippen LogP contribution in [0.4, 0.5) is 0 Å². The molecule has 1 heterocycles. The van der Waals surface area contributed by atoms with Crippen LogP contribution in [-0.4, -0.2) is 51.4 Å². The van der Waals surface area contributed by atoms with E-state index in [9.17, 15) is 0 Å². The van der Waals surface area contributed by atoms with Crippen LogP contribution in [0.3, 0.4) is 0 Å². The number of para-hydroxylation sites is 1. The molecule has 0 saturated carbocycles. The van der Waals surface area contributed by atoms with E-state index >= 15 is 0 Å².